The molecule has 1 aliphatic heterocycles. The Morgan fingerprint density at radius 2 is 1.00 bits per heavy atom. The number of nitrogens with zero attached hydrogens (tertiary/aromatic N) is 1. The third-order valence-corrected chi connectivity index (χ3v) is 10.3. The van der Waals surface area contributed by atoms with Crippen molar-refractivity contribution in [3.63, 3.8) is 0 Å². The molecule has 0 fully saturated rings. The Balaban J connectivity index is 1.21. The smallest absolute Gasteiger partial charge is 0.132 e. The van der Waals surface area contributed by atoms with Crippen LogP contribution in [0.5, 0.6) is 11.5 Å². The van der Waals surface area contributed by atoms with Gasteiger partial charge in [-0.3, -0.25) is 0 Å². The van der Waals surface area contributed by atoms with Crippen LogP contribution in [0.15, 0.2) is 188 Å². The molecule has 49 heavy (non-hydrogen) atoms. The Kier molecular flexibility index (Phi) is 6.13. The van der Waals surface area contributed by atoms with Crippen LogP contribution in [-0.2, 0) is 5.41 Å². The number of para-hydroxylation sites is 3. The van der Waals surface area contributed by atoms with Gasteiger partial charge in [0.25, 0.3) is 0 Å². The van der Waals surface area contributed by atoms with E-state index in [4.69, 9.17) is 4.74 Å². The third kappa shape index (κ3) is 4.14. The fourth-order valence-corrected chi connectivity index (χ4v) is 8.13. The molecule has 9 aromatic rings. The average Bonchev–Trinajstić information content (AvgIpc) is 3.49. The van der Waals surface area contributed by atoms with E-state index < -0.39 is 5.41 Å². The molecule has 0 saturated carbocycles. The van der Waals surface area contributed by atoms with Gasteiger partial charge >= 0.3 is 0 Å². The zero-order valence-corrected chi connectivity index (χ0v) is 26.8. The number of hydrogen-bond donors (Lipinski definition) is 0. The Labute approximate surface area is 285 Å². The molecule has 2 heterocycles. The van der Waals surface area contributed by atoms with Gasteiger partial charge in [-0.1, -0.05) is 133 Å². The first-order chi connectivity index (χ1) is 24.3. The van der Waals surface area contributed by atoms with Crippen LogP contribution in [0, 0.1) is 0 Å². The van der Waals surface area contributed by atoms with Gasteiger partial charge in [0.15, 0.2) is 0 Å². The van der Waals surface area contributed by atoms with Gasteiger partial charge in [0.05, 0.1) is 16.4 Å². The standard InChI is InChI=1S/C47H31NO/c1-4-14-36(15-5-1)47(37-16-6-2-7-17-37)41-21-11-13-23-45(41)49-46-27-26-34(30-42(46)47)32-24-25-33-29-40-39-20-10-12-22-43(39)48(38-18-8-3-9-19-38)44(40)31-35(33)28-32/h1-31H. The lowest BCUT2D eigenvalue weighted by Crippen LogP contribution is -2.34. The summed E-state index contributed by atoms with van der Waals surface area (Å²) in [5.41, 5.74) is 10.1. The molecule has 0 atom stereocenters. The SMILES string of the molecule is c1ccc(-n2c3ccccc3c3cc4ccc(-c5ccc6c(c5)C(c5ccccc5)(c5ccccc5)c5ccccc5O6)cc4cc32)cc1. The van der Waals surface area contributed by atoms with Gasteiger partial charge in [0, 0.05) is 27.6 Å². The van der Waals surface area contributed by atoms with Crippen LogP contribution in [0.25, 0.3) is 49.4 Å². The molecule has 0 unspecified atom stereocenters. The normalized spacial score (nSPS) is 13.2. The quantitative estimate of drug-likeness (QED) is 0.190. The van der Waals surface area contributed by atoms with Crippen LogP contribution < -0.4 is 4.74 Å². The minimum Gasteiger partial charge on any atom is -0.457 e. The van der Waals surface area contributed by atoms with E-state index in [0.717, 1.165) is 33.9 Å². The summed E-state index contributed by atoms with van der Waals surface area (Å²) in [7, 11) is 0. The summed E-state index contributed by atoms with van der Waals surface area (Å²) in [4.78, 5) is 0. The zero-order chi connectivity index (χ0) is 32.4. The van der Waals surface area contributed by atoms with Crippen molar-refractivity contribution in [3.05, 3.63) is 210 Å². The maximum absolute atomic E-state index is 6.67. The van der Waals surface area contributed by atoms with Gasteiger partial charge < -0.3 is 9.30 Å². The van der Waals surface area contributed by atoms with Crippen molar-refractivity contribution in [1.29, 1.82) is 0 Å². The molecule has 0 radical (unpaired) electrons. The molecule has 10 rings (SSSR count). The van der Waals surface area contributed by atoms with Gasteiger partial charge in [-0.2, -0.15) is 0 Å². The van der Waals surface area contributed by atoms with Crippen LogP contribution in [0.2, 0.25) is 0 Å². The summed E-state index contributed by atoms with van der Waals surface area (Å²) in [6.07, 6.45) is 0. The van der Waals surface area contributed by atoms with Crippen LogP contribution in [-0.4, -0.2) is 4.57 Å². The number of ether oxygens (including phenoxy) is 1. The number of rotatable bonds is 4. The van der Waals surface area contributed by atoms with Crippen molar-refractivity contribution >= 4 is 32.6 Å². The second kappa shape index (κ2) is 10.8. The van der Waals surface area contributed by atoms with E-state index in [9.17, 15) is 0 Å². The highest BCUT2D eigenvalue weighted by molar-refractivity contribution is 6.14. The van der Waals surface area contributed by atoms with Crippen LogP contribution >= 0.6 is 0 Å². The maximum atomic E-state index is 6.67. The number of benzene rings is 8. The first kappa shape index (κ1) is 27.7. The molecule has 0 bridgehead atoms. The molecule has 230 valence electrons. The summed E-state index contributed by atoms with van der Waals surface area (Å²) in [6, 6.07) is 67.9. The van der Waals surface area contributed by atoms with Gasteiger partial charge in [0.1, 0.15) is 11.5 Å². The molecule has 2 heteroatoms. The first-order valence-corrected chi connectivity index (χ1v) is 16.8. The minimum absolute atomic E-state index is 0.553. The first-order valence-electron chi connectivity index (χ1n) is 16.8. The molecule has 0 spiro atoms. The van der Waals surface area contributed by atoms with Crippen molar-refractivity contribution in [2.75, 3.05) is 0 Å². The van der Waals surface area contributed by atoms with Crippen LogP contribution in [0.4, 0.5) is 0 Å². The molecule has 0 aliphatic carbocycles. The highest BCUT2D eigenvalue weighted by Gasteiger charge is 2.45. The van der Waals surface area contributed by atoms with E-state index in [1.54, 1.807) is 0 Å². The molecule has 1 aliphatic rings. The van der Waals surface area contributed by atoms with E-state index in [1.807, 2.05) is 0 Å². The van der Waals surface area contributed by atoms with Gasteiger partial charge in [-0.25, -0.2) is 0 Å². The summed E-state index contributed by atoms with van der Waals surface area (Å²) in [5.74, 6) is 1.77. The predicted octanol–water partition coefficient (Wildman–Crippen LogP) is 12.1. The topological polar surface area (TPSA) is 14.2 Å². The molecule has 8 aromatic carbocycles. The molecule has 1 aromatic heterocycles. The molecule has 0 N–H and O–H groups in total. The Bertz CT molecular complexity index is 2630. The molecular formula is C47H31NO. The Morgan fingerprint density at radius 3 is 1.78 bits per heavy atom. The van der Waals surface area contributed by atoms with Crippen molar-refractivity contribution in [2.24, 2.45) is 0 Å². The van der Waals surface area contributed by atoms with Crippen LogP contribution in [0.1, 0.15) is 22.3 Å². The lowest BCUT2D eigenvalue weighted by molar-refractivity contribution is 0.434. The number of aromatic nitrogens is 1. The lowest BCUT2D eigenvalue weighted by Gasteiger charge is -2.41. The highest BCUT2D eigenvalue weighted by atomic mass is 16.5. The average molecular weight is 626 g/mol. The summed E-state index contributed by atoms with van der Waals surface area (Å²) in [5, 5.41) is 4.97. The predicted molar refractivity (Wildman–Crippen MR) is 202 cm³/mol. The second-order valence-corrected chi connectivity index (χ2v) is 12.9. The van der Waals surface area contributed by atoms with Crippen molar-refractivity contribution in [2.45, 2.75) is 5.41 Å². The maximum Gasteiger partial charge on any atom is 0.132 e. The Morgan fingerprint density at radius 1 is 0.388 bits per heavy atom. The monoisotopic (exact) mass is 625 g/mol. The van der Waals surface area contributed by atoms with E-state index in [0.29, 0.717) is 0 Å². The van der Waals surface area contributed by atoms with Crippen molar-refractivity contribution in [3.8, 4) is 28.3 Å². The summed E-state index contributed by atoms with van der Waals surface area (Å²) < 4.78 is 9.05. The minimum atomic E-state index is -0.553. The molecule has 2 nitrogen and oxygen atoms in total. The van der Waals surface area contributed by atoms with E-state index in [-0.39, 0.29) is 0 Å². The van der Waals surface area contributed by atoms with E-state index in [2.05, 4.69) is 193 Å². The molecule has 0 amide bonds. The van der Waals surface area contributed by atoms with Crippen molar-refractivity contribution in [1.82, 2.24) is 4.57 Å². The zero-order valence-electron chi connectivity index (χ0n) is 26.8. The third-order valence-electron chi connectivity index (χ3n) is 10.3. The second-order valence-electron chi connectivity index (χ2n) is 12.9. The van der Waals surface area contributed by atoms with E-state index in [1.165, 1.54) is 49.3 Å². The van der Waals surface area contributed by atoms with Crippen molar-refractivity contribution < 1.29 is 4.74 Å². The number of fused-ring (bicyclic) bond motifs is 6. The highest BCUT2D eigenvalue weighted by Crippen LogP contribution is 2.55. The molecule has 0 saturated heterocycles. The van der Waals surface area contributed by atoms with Gasteiger partial charge in [-0.05, 0) is 87.6 Å². The fourth-order valence-electron chi connectivity index (χ4n) is 8.13. The Hall–Kier alpha value is -6.38. The summed E-state index contributed by atoms with van der Waals surface area (Å²) in [6.45, 7) is 0. The van der Waals surface area contributed by atoms with Crippen LogP contribution in [0.3, 0.4) is 0 Å². The number of hydrogen-bond acceptors (Lipinski definition) is 1. The molecular weight excluding hydrogens is 595 g/mol. The van der Waals surface area contributed by atoms with Gasteiger partial charge in [0.2, 0.25) is 0 Å². The van der Waals surface area contributed by atoms with Gasteiger partial charge in [-0.15, -0.1) is 0 Å². The van der Waals surface area contributed by atoms with E-state index >= 15 is 0 Å². The summed E-state index contributed by atoms with van der Waals surface area (Å²) >= 11 is 0. The largest absolute Gasteiger partial charge is 0.457 e. The fraction of sp³-hybridized carbons (Fsp3) is 0.0213. The lowest BCUT2D eigenvalue weighted by atomic mass is 9.63.